The Morgan fingerprint density at radius 3 is 2.72 bits per heavy atom. The Balaban J connectivity index is 2.10. The number of rotatable bonds is 2. The molecular weight excluding hydrogens is 224 g/mol. The molecule has 94 valence electrons. The average molecular weight is 242 g/mol. The lowest BCUT2D eigenvalue weighted by Crippen LogP contribution is -2.20. The molecule has 1 N–H and O–H groups in total. The zero-order valence-electron chi connectivity index (χ0n) is 10.6. The molecule has 1 aliphatic carbocycles. The van der Waals surface area contributed by atoms with E-state index in [4.69, 9.17) is 0 Å². The van der Waals surface area contributed by atoms with Crippen molar-refractivity contribution in [2.24, 2.45) is 7.05 Å². The van der Waals surface area contributed by atoms with E-state index in [-0.39, 0.29) is 5.56 Å². The molecule has 0 amide bonds. The van der Waals surface area contributed by atoms with Gasteiger partial charge in [-0.2, -0.15) is 0 Å². The topological polar surface area (TPSA) is 34.0 Å². The Kier molecular flexibility index (Phi) is 2.82. The molecule has 1 fully saturated rings. The highest BCUT2D eigenvalue weighted by atomic mass is 16.1. The highest BCUT2D eigenvalue weighted by molar-refractivity contribution is 5.91. The van der Waals surface area contributed by atoms with Crippen molar-refractivity contribution in [1.29, 1.82) is 0 Å². The summed E-state index contributed by atoms with van der Waals surface area (Å²) in [7, 11) is 1.82. The number of aryl methyl sites for hydroxylation is 1. The van der Waals surface area contributed by atoms with Gasteiger partial charge < -0.3 is 9.88 Å². The van der Waals surface area contributed by atoms with Crippen LogP contribution in [0.4, 0.5) is 5.69 Å². The predicted molar refractivity (Wildman–Crippen MR) is 75.1 cm³/mol. The van der Waals surface area contributed by atoms with Gasteiger partial charge >= 0.3 is 0 Å². The van der Waals surface area contributed by atoms with Gasteiger partial charge in [-0.3, -0.25) is 4.79 Å². The van der Waals surface area contributed by atoms with Crippen molar-refractivity contribution in [2.75, 3.05) is 5.32 Å². The number of pyridine rings is 1. The van der Waals surface area contributed by atoms with Crippen LogP contribution in [0.2, 0.25) is 0 Å². The Labute approximate surface area is 106 Å². The summed E-state index contributed by atoms with van der Waals surface area (Å²) >= 11 is 0. The van der Waals surface area contributed by atoms with Crippen molar-refractivity contribution in [1.82, 2.24) is 4.57 Å². The van der Waals surface area contributed by atoms with Gasteiger partial charge in [0.2, 0.25) is 0 Å². The third-order valence-electron chi connectivity index (χ3n) is 3.87. The average Bonchev–Trinajstić information content (AvgIpc) is 2.89. The summed E-state index contributed by atoms with van der Waals surface area (Å²) in [5, 5.41) is 4.67. The molecule has 2 aromatic rings. The fourth-order valence-corrected chi connectivity index (χ4v) is 2.82. The molecular formula is C15H18N2O. The second-order valence-corrected chi connectivity index (χ2v) is 5.10. The van der Waals surface area contributed by atoms with Gasteiger partial charge in [-0.25, -0.2) is 0 Å². The summed E-state index contributed by atoms with van der Waals surface area (Å²) in [4.78, 5) is 12.0. The fraction of sp³-hybridized carbons (Fsp3) is 0.400. The number of para-hydroxylation sites is 1. The SMILES string of the molecule is Cn1c(=O)cc(NC2CCCC2)c2ccccc21. The molecule has 3 nitrogen and oxygen atoms in total. The molecule has 1 aromatic carbocycles. The van der Waals surface area contributed by atoms with E-state index in [9.17, 15) is 4.79 Å². The van der Waals surface area contributed by atoms with E-state index in [0.717, 1.165) is 16.6 Å². The van der Waals surface area contributed by atoms with Crippen LogP contribution in [0.1, 0.15) is 25.7 Å². The summed E-state index contributed by atoms with van der Waals surface area (Å²) in [6.45, 7) is 0. The van der Waals surface area contributed by atoms with Crippen molar-refractivity contribution in [3.63, 3.8) is 0 Å². The Hall–Kier alpha value is -1.77. The number of hydrogen-bond acceptors (Lipinski definition) is 2. The van der Waals surface area contributed by atoms with Gasteiger partial charge in [0, 0.05) is 30.2 Å². The molecule has 0 saturated heterocycles. The molecule has 0 aliphatic heterocycles. The van der Waals surface area contributed by atoms with Crippen LogP contribution in [0, 0.1) is 0 Å². The summed E-state index contributed by atoms with van der Waals surface area (Å²) in [5.74, 6) is 0. The maximum Gasteiger partial charge on any atom is 0.252 e. The second-order valence-electron chi connectivity index (χ2n) is 5.10. The number of nitrogens with zero attached hydrogens (tertiary/aromatic N) is 1. The summed E-state index contributed by atoms with van der Waals surface area (Å²) in [6.07, 6.45) is 5.01. The lowest BCUT2D eigenvalue weighted by Gasteiger charge is -2.16. The maximum absolute atomic E-state index is 12.0. The zero-order chi connectivity index (χ0) is 12.5. The zero-order valence-corrected chi connectivity index (χ0v) is 10.6. The van der Waals surface area contributed by atoms with Crippen LogP contribution < -0.4 is 10.9 Å². The normalized spacial score (nSPS) is 16.3. The van der Waals surface area contributed by atoms with E-state index >= 15 is 0 Å². The molecule has 3 heteroatoms. The highest BCUT2D eigenvalue weighted by Gasteiger charge is 2.16. The summed E-state index contributed by atoms with van der Waals surface area (Å²) in [6, 6.07) is 10.3. The Bertz CT molecular complexity index is 624. The van der Waals surface area contributed by atoms with Crippen molar-refractivity contribution in [3.8, 4) is 0 Å². The van der Waals surface area contributed by atoms with Crippen LogP contribution in [0.15, 0.2) is 35.1 Å². The molecule has 1 saturated carbocycles. The first-order chi connectivity index (χ1) is 8.75. The molecule has 0 radical (unpaired) electrons. The third-order valence-corrected chi connectivity index (χ3v) is 3.87. The number of aromatic nitrogens is 1. The largest absolute Gasteiger partial charge is 0.382 e. The predicted octanol–water partition coefficient (Wildman–Crippen LogP) is 2.89. The third kappa shape index (κ3) is 1.90. The van der Waals surface area contributed by atoms with Crippen molar-refractivity contribution in [3.05, 3.63) is 40.7 Å². The van der Waals surface area contributed by atoms with Gasteiger partial charge in [-0.15, -0.1) is 0 Å². The molecule has 18 heavy (non-hydrogen) atoms. The summed E-state index contributed by atoms with van der Waals surface area (Å²) < 4.78 is 1.70. The second kappa shape index (κ2) is 4.48. The van der Waals surface area contributed by atoms with Crippen LogP contribution in [-0.4, -0.2) is 10.6 Å². The van der Waals surface area contributed by atoms with E-state index in [0.29, 0.717) is 6.04 Å². The lowest BCUT2D eigenvalue weighted by atomic mass is 10.1. The van der Waals surface area contributed by atoms with Crippen molar-refractivity contribution < 1.29 is 0 Å². The molecule has 0 unspecified atom stereocenters. The first kappa shape index (κ1) is 11.3. The van der Waals surface area contributed by atoms with Gasteiger partial charge in [0.05, 0.1) is 5.52 Å². The van der Waals surface area contributed by atoms with E-state index < -0.39 is 0 Å². The molecule has 0 atom stereocenters. The van der Waals surface area contributed by atoms with E-state index in [1.807, 2.05) is 25.2 Å². The van der Waals surface area contributed by atoms with Gasteiger partial charge in [0.15, 0.2) is 0 Å². The van der Waals surface area contributed by atoms with E-state index in [1.165, 1.54) is 25.7 Å². The number of fused-ring (bicyclic) bond motifs is 1. The molecule has 3 rings (SSSR count). The number of benzene rings is 1. The minimum Gasteiger partial charge on any atom is -0.382 e. The standard InChI is InChI=1S/C15H18N2O/c1-17-14-9-5-4-8-12(14)13(10-15(17)18)16-11-6-2-3-7-11/h4-5,8-11,16H,2-3,6-7H2,1H3. The molecule has 1 heterocycles. The lowest BCUT2D eigenvalue weighted by molar-refractivity contribution is 0.755. The molecule has 0 bridgehead atoms. The number of anilines is 1. The van der Waals surface area contributed by atoms with Gasteiger partial charge in [-0.1, -0.05) is 31.0 Å². The minimum absolute atomic E-state index is 0.0502. The number of hydrogen-bond donors (Lipinski definition) is 1. The quantitative estimate of drug-likeness (QED) is 0.878. The van der Waals surface area contributed by atoms with Crippen LogP contribution in [0.25, 0.3) is 10.9 Å². The Morgan fingerprint density at radius 1 is 1.22 bits per heavy atom. The smallest absolute Gasteiger partial charge is 0.252 e. The monoisotopic (exact) mass is 242 g/mol. The van der Waals surface area contributed by atoms with E-state index in [1.54, 1.807) is 10.6 Å². The fourth-order valence-electron chi connectivity index (χ4n) is 2.82. The highest BCUT2D eigenvalue weighted by Crippen LogP contribution is 2.26. The van der Waals surface area contributed by atoms with Crippen LogP contribution >= 0.6 is 0 Å². The first-order valence-electron chi connectivity index (χ1n) is 6.61. The van der Waals surface area contributed by atoms with E-state index in [2.05, 4.69) is 11.4 Å². The van der Waals surface area contributed by atoms with Gasteiger partial charge in [-0.05, 0) is 18.9 Å². The van der Waals surface area contributed by atoms with Gasteiger partial charge in [0.1, 0.15) is 0 Å². The van der Waals surface area contributed by atoms with Gasteiger partial charge in [0.25, 0.3) is 5.56 Å². The molecule has 1 aliphatic rings. The first-order valence-corrected chi connectivity index (χ1v) is 6.61. The maximum atomic E-state index is 12.0. The van der Waals surface area contributed by atoms with Crippen molar-refractivity contribution >= 4 is 16.6 Å². The van der Waals surface area contributed by atoms with Crippen LogP contribution in [0.5, 0.6) is 0 Å². The summed E-state index contributed by atoms with van der Waals surface area (Å²) in [5.41, 5.74) is 2.03. The Morgan fingerprint density at radius 2 is 1.94 bits per heavy atom. The number of nitrogens with one attached hydrogen (secondary N) is 1. The van der Waals surface area contributed by atoms with Crippen LogP contribution in [0.3, 0.4) is 0 Å². The van der Waals surface area contributed by atoms with Crippen LogP contribution in [-0.2, 0) is 7.05 Å². The van der Waals surface area contributed by atoms with Crippen molar-refractivity contribution in [2.45, 2.75) is 31.7 Å². The minimum atomic E-state index is 0.0502. The molecule has 1 aromatic heterocycles. The molecule has 0 spiro atoms.